The van der Waals surface area contributed by atoms with Crippen molar-refractivity contribution in [3.05, 3.63) is 150 Å². The van der Waals surface area contributed by atoms with Gasteiger partial charge in [-0.1, -0.05) is 125 Å². The normalized spacial score (nSPS) is 11.3. The molecule has 0 N–H and O–H groups in total. The van der Waals surface area contributed by atoms with E-state index in [1.807, 2.05) is 6.07 Å². The Morgan fingerprint density at radius 1 is 0.395 bits per heavy atom. The molecule has 2 heteroatoms. The summed E-state index contributed by atoms with van der Waals surface area (Å²) in [4.78, 5) is 0. The molecule has 0 atom stereocenters. The zero-order chi connectivity index (χ0) is 25.5. The van der Waals surface area contributed by atoms with Crippen molar-refractivity contribution in [2.24, 2.45) is 0 Å². The number of fused-ring (bicyclic) bond motifs is 3. The Kier molecular flexibility index (Phi) is 5.68. The average Bonchev–Trinajstić information content (AvgIpc) is 3.31. The van der Waals surface area contributed by atoms with Gasteiger partial charge in [0, 0.05) is 20.9 Å². The Hall–Kier alpha value is -4.40. The Morgan fingerprint density at radius 3 is 1.74 bits per heavy atom. The van der Waals surface area contributed by atoms with Crippen LogP contribution in [0.15, 0.2) is 150 Å². The zero-order valence-electron chi connectivity index (χ0n) is 20.7. The van der Waals surface area contributed by atoms with E-state index in [1.165, 1.54) is 60.9 Å². The maximum atomic E-state index is 3.69. The van der Waals surface area contributed by atoms with Crippen LogP contribution in [-0.4, -0.2) is 4.57 Å². The van der Waals surface area contributed by atoms with E-state index in [1.54, 1.807) is 0 Å². The highest BCUT2D eigenvalue weighted by Gasteiger charge is 2.14. The summed E-state index contributed by atoms with van der Waals surface area (Å²) in [6.07, 6.45) is 0. The molecule has 0 aliphatic rings. The molecule has 0 spiro atoms. The van der Waals surface area contributed by atoms with Crippen LogP contribution in [0.3, 0.4) is 0 Å². The highest BCUT2D eigenvalue weighted by molar-refractivity contribution is 9.10. The molecule has 6 aromatic carbocycles. The molecule has 1 aromatic heterocycles. The van der Waals surface area contributed by atoms with E-state index in [4.69, 9.17) is 0 Å². The van der Waals surface area contributed by atoms with Gasteiger partial charge in [-0.05, 0) is 69.8 Å². The van der Waals surface area contributed by atoms with Crippen LogP contribution in [0.1, 0.15) is 0 Å². The summed E-state index contributed by atoms with van der Waals surface area (Å²) in [5.74, 6) is 0. The van der Waals surface area contributed by atoms with E-state index >= 15 is 0 Å². The first-order valence-electron chi connectivity index (χ1n) is 12.8. The minimum atomic E-state index is 1.11. The zero-order valence-corrected chi connectivity index (χ0v) is 22.3. The number of hydrogen-bond donors (Lipinski definition) is 0. The van der Waals surface area contributed by atoms with Crippen molar-refractivity contribution >= 4 is 37.7 Å². The number of para-hydroxylation sites is 1. The third-order valence-corrected chi connectivity index (χ3v) is 7.98. The molecule has 7 rings (SSSR count). The molecular weight excluding hydrogens is 526 g/mol. The summed E-state index contributed by atoms with van der Waals surface area (Å²) in [5.41, 5.74) is 10.9. The van der Waals surface area contributed by atoms with Gasteiger partial charge in [0.25, 0.3) is 0 Å². The van der Waals surface area contributed by atoms with Crippen LogP contribution >= 0.6 is 15.9 Å². The Labute approximate surface area is 230 Å². The molecule has 180 valence electrons. The van der Waals surface area contributed by atoms with E-state index in [9.17, 15) is 0 Å². The second-order valence-electron chi connectivity index (χ2n) is 9.56. The van der Waals surface area contributed by atoms with Gasteiger partial charge in [0.05, 0.1) is 11.0 Å². The van der Waals surface area contributed by atoms with Gasteiger partial charge in [0.15, 0.2) is 0 Å². The largest absolute Gasteiger partial charge is 0.309 e. The number of benzene rings is 6. The summed E-state index contributed by atoms with van der Waals surface area (Å²) in [5, 5.41) is 2.52. The fourth-order valence-electron chi connectivity index (χ4n) is 5.40. The molecular formula is C36H24BrN. The second-order valence-corrected chi connectivity index (χ2v) is 10.4. The molecule has 0 saturated heterocycles. The maximum Gasteiger partial charge on any atom is 0.0547 e. The van der Waals surface area contributed by atoms with Crippen molar-refractivity contribution in [2.75, 3.05) is 0 Å². The fraction of sp³-hybridized carbons (Fsp3) is 0. The van der Waals surface area contributed by atoms with Crippen molar-refractivity contribution in [3.63, 3.8) is 0 Å². The minimum Gasteiger partial charge on any atom is -0.309 e. The number of nitrogens with zero attached hydrogens (tertiary/aromatic N) is 1. The highest BCUT2D eigenvalue weighted by Crippen LogP contribution is 2.37. The van der Waals surface area contributed by atoms with Gasteiger partial charge in [0.2, 0.25) is 0 Å². The number of rotatable bonds is 4. The van der Waals surface area contributed by atoms with E-state index in [0.29, 0.717) is 0 Å². The van der Waals surface area contributed by atoms with Gasteiger partial charge in [0.1, 0.15) is 0 Å². The molecule has 7 aromatic rings. The Morgan fingerprint density at radius 2 is 0.974 bits per heavy atom. The molecule has 0 fully saturated rings. The summed E-state index contributed by atoms with van der Waals surface area (Å²) < 4.78 is 3.50. The Bertz CT molecular complexity index is 1900. The molecule has 0 aliphatic heterocycles. The molecule has 1 nitrogen and oxygen atoms in total. The minimum absolute atomic E-state index is 1.11. The Balaban J connectivity index is 1.40. The number of aromatic nitrogens is 1. The highest BCUT2D eigenvalue weighted by atomic mass is 79.9. The lowest BCUT2D eigenvalue weighted by Gasteiger charge is -2.10. The van der Waals surface area contributed by atoms with Gasteiger partial charge >= 0.3 is 0 Å². The molecule has 0 bridgehead atoms. The van der Waals surface area contributed by atoms with Gasteiger partial charge in [-0.2, -0.15) is 0 Å². The SMILES string of the molecule is Brc1ccccc1-c1ccc(-c2ccc3c4cc(-c5ccccc5)ccc4n(-c4ccccc4)c3c2)cc1. The predicted octanol–water partition coefficient (Wildman–Crippen LogP) is 10.5. The standard InChI is InChI=1S/C36H24BrN/c37-34-14-8-7-13-31(34)27-17-15-26(16-18-27)29-19-21-32-33-23-28(25-9-3-1-4-10-25)20-22-35(33)38(36(32)24-29)30-11-5-2-6-12-30/h1-24H. The first-order valence-corrected chi connectivity index (χ1v) is 13.6. The van der Waals surface area contributed by atoms with Crippen LogP contribution in [-0.2, 0) is 0 Å². The van der Waals surface area contributed by atoms with Gasteiger partial charge in [-0.3, -0.25) is 0 Å². The molecule has 1 heterocycles. The smallest absolute Gasteiger partial charge is 0.0547 e. The fourth-order valence-corrected chi connectivity index (χ4v) is 5.92. The third-order valence-electron chi connectivity index (χ3n) is 7.29. The van der Waals surface area contributed by atoms with E-state index in [-0.39, 0.29) is 0 Å². The van der Waals surface area contributed by atoms with E-state index in [2.05, 4.69) is 160 Å². The van der Waals surface area contributed by atoms with Crippen LogP contribution < -0.4 is 0 Å². The quantitative estimate of drug-likeness (QED) is 0.205. The lowest BCUT2D eigenvalue weighted by molar-refractivity contribution is 1.18. The van der Waals surface area contributed by atoms with Crippen molar-refractivity contribution in [1.29, 1.82) is 0 Å². The van der Waals surface area contributed by atoms with Crippen molar-refractivity contribution in [3.8, 4) is 39.1 Å². The second kappa shape index (κ2) is 9.48. The van der Waals surface area contributed by atoms with Crippen molar-refractivity contribution in [1.82, 2.24) is 4.57 Å². The van der Waals surface area contributed by atoms with Crippen LogP contribution in [0.2, 0.25) is 0 Å². The summed E-state index contributed by atoms with van der Waals surface area (Å²) in [7, 11) is 0. The summed E-state index contributed by atoms with van der Waals surface area (Å²) in [6, 6.07) is 52.2. The lowest BCUT2D eigenvalue weighted by Crippen LogP contribution is -1.93. The summed E-state index contributed by atoms with van der Waals surface area (Å²) in [6.45, 7) is 0. The topological polar surface area (TPSA) is 4.93 Å². The predicted molar refractivity (Wildman–Crippen MR) is 165 cm³/mol. The van der Waals surface area contributed by atoms with Crippen LogP contribution in [0.25, 0.3) is 60.9 Å². The van der Waals surface area contributed by atoms with E-state index < -0.39 is 0 Å². The number of halogens is 1. The maximum absolute atomic E-state index is 3.69. The summed E-state index contributed by atoms with van der Waals surface area (Å²) >= 11 is 3.69. The first kappa shape index (κ1) is 22.8. The molecule has 38 heavy (non-hydrogen) atoms. The van der Waals surface area contributed by atoms with Gasteiger partial charge < -0.3 is 4.57 Å². The van der Waals surface area contributed by atoms with E-state index in [0.717, 1.165) is 4.47 Å². The van der Waals surface area contributed by atoms with Crippen LogP contribution in [0.4, 0.5) is 0 Å². The number of hydrogen-bond acceptors (Lipinski definition) is 0. The van der Waals surface area contributed by atoms with Crippen LogP contribution in [0, 0.1) is 0 Å². The molecule has 0 radical (unpaired) electrons. The third kappa shape index (κ3) is 3.95. The van der Waals surface area contributed by atoms with Crippen molar-refractivity contribution in [2.45, 2.75) is 0 Å². The molecule has 0 aliphatic carbocycles. The van der Waals surface area contributed by atoms with Crippen molar-refractivity contribution < 1.29 is 0 Å². The molecule has 0 amide bonds. The first-order chi connectivity index (χ1) is 18.8. The van der Waals surface area contributed by atoms with Gasteiger partial charge in [-0.25, -0.2) is 0 Å². The molecule has 0 unspecified atom stereocenters. The van der Waals surface area contributed by atoms with Gasteiger partial charge in [-0.15, -0.1) is 0 Å². The lowest BCUT2D eigenvalue weighted by atomic mass is 9.99. The van der Waals surface area contributed by atoms with Crippen LogP contribution in [0.5, 0.6) is 0 Å². The monoisotopic (exact) mass is 549 g/mol. The molecule has 0 saturated carbocycles. The average molecular weight is 550 g/mol.